The van der Waals surface area contributed by atoms with Crippen molar-refractivity contribution in [3.05, 3.63) is 85.1 Å². The van der Waals surface area contributed by atoms with Crippen molar-refractivity contribution in [3.63, 3.8) is 0 Å². The first kappa shape index (κ1) is 14.2. The molecule has 0 rings (SSSR count). The molecular formula is C16H20. The minimum absolute atomic E-state index is 2.00. The predicted octanol–water partition coefficient (Wildman–Crippen LogP) is 4.92. The highest BCUT2D eigenvalue weighted by atomic mass is 13.7. The summed E-state index contributed by atoms with van der Waals surface area (Å²) in [6, 6.07) is 0. The maximum Gasteiger partial charge on any atom is -0.0467 e. The zero-order valence-corrected chi connectivity index (χ0v) is 10.1. The summed E-state index contributed by atoms with van der Waals surface area (Å²) < 4.78 is 0. The molecule has 0 aromatic carbocycles. The largest absolute Gasteiger partial charge is 0.0877 e. The summed E-state index contributed by atoms with van der Waals surface area (Å²) in [5.74, 6) is 0. The first-order chi connectivity index (χ1) is 7.91. The summed E-state index contributed by atoms with van der Waals surface area (Å²) in [4.78, 5) is 0. The Balaban J connectivity index is 3.76. The molecule has 0 spiro atoms. The van der Waals surface area contributed by atoms with Gasteiger partial charge in [-0.2, -0.15) is 0 Å². The van der Waals surface area contributed by atoms with Gasteiger partial charge in [-0.15, -0.1) is 0 Å². The molecule has 16 heavy (non-hydrogen) atoms. The summed E-state index contributed by atoms with van der Waals surface area (Å²) in [6.07, 6.45) is 28.0. The van der Waals surface area contributed by atoms with Crippen LogP contribution < -0.4 is 0 Å². The molecule has 0 aromatic heterocycles. The van der Waals surface area contributed by atoms with Crippen molar-refractivity contribution < 1.29 is 0 Å². The molecule has 0 saturated heterocycles. The second-order valence-electron chi connectivity index (χ2n) is 2.98. The molecule has 0 saturated carbocycles. The normalized spacial score (nSPS) is 14.4. The van der Waals surface area contributed by atoms with Crippen LogP contribution in [-0.2, 0) is 0 Å². The van der Waals surface area contributed by atoms with Gasteiger partial charge in [-0.1, -0.05) is 85.1 Å². The van der Waals surface area contributed by atoms with Gasteiger partial charge in [0.25, 0.3) is 0 Å². The molecule has 0 atom stereocenters. The summed E-state index contributed by atoms with van der Waals surface area (Å²) in [5, 5.41) is 0. The molecule has 0 heteroatoms. The standard InChI is InChI=1S/C16H20/c1-3-5-7-9-11-13-15-16-14-12-10-8-6-4-2/h3-16H,1-2H3. The first-order valence-corrected chi connectivity index (χ1v) is 5.49. The van der Waals surface area contributed by atoms with Crippen LogP contribution in [0.5, 0.6) is 0 Å². The van der Waals surface area contributed by atoms with E-state index in [-0.39, 0.29) is 0 Å². The lowest BCUT2D eigenvalue weighted by Gasteiger charge is -1.74. The highest BCUT2D eigenvalue weighted by molar-refractivity contribution is 5.20. The van der Waals surface area contributed by atoms with E-state index in [9.17, 15) is 0 Å². The van der Waals surface area contributed by atoms with Crippen LogP contribution in [0.3, 0.4) is 0 Å². The molecule has 0 aliphatic carbocycles. The SMILES string of the molecule is CC=CC=CC=CC=CC=CC=CC=CC. The molecule has 84 valence electrons. The van der Waals surface area contributed by atoms with E-state index in [1.807, 2.05) is 98.9 Å². The van der Waals surface area contributed by atoms with Gasteiger partial charge in [0.05, 0.1) is 0 Å². The molecule has 0 amide bonds. The third-order valence-corrected chi connectivity index (χ3v) is 1.61. The van der Waals surface area contributed by atoms with E-state index in [2.05, 4.69) is 0 Å². The fourth-order valence-corrected chi connectivity index (χ4v) is 0.864. The van der Waals surface area contributed by atoms with Gasteiger partial charge in [0.2, 0.25) is 0 Å². The van der Waals surface area contributed by atoms with E-state index in [1.54, 1.807) is 0 Å². The van der Waals surface area contributed by atoms with Crippen molar-refractivity contribution >= 4 is 0 Å². The second-order valence-corrected chi connectivity index (χ2v) is 2.98. The Morgan fingerprint density at radius 1 is 0.312 bits per heavy atom. The van der Waals surface area contributed by atoms with E-state index in [0.717, 1.165) is 0 Å². The van der Waals surface area contributed by atoms with Gasteiger partial charge in [0, 0.05) is 0 Å². The molecule has 0 nitrogen and oxygen atoms in total. The molecule has 0 heterocycles. The Hall–Kier alpha value is -1.82. The number of hydrogen-bond acceptors (Lipinski definition) is 0. The third-order valence-electron chi connectivity index (χ3n) is 1.61. The quantitative estimate of drug-likeness (QED) is 0.548. The predicted molar refractivity (Wildman–Crippen MR) is 75.3 cm³/mol. The summed E-state index contributed by atoms with van der Waals surface area (Å²) in [6.45, 7) is 4.00. The van der Waals surface area contributed by atoms with E-state index in [1.165, 1.54) is 0 Å². The van der Waals surface area contributed by atoms with Crippen molar-refractivity contribution in [3.8, 4) is 0 Å². The summed E-state index contributed by atoms with van der Waals surface area (Å²) >= 11 is 0. The van der Waals surface area contributed by atoms with Crippen LogP contribution in [0, 0.1) is 0 Å². The second kappa shape index (κ2) is 13.2. The van der Waals surface area contributed by atoms with E-state index in [0.29, 0.717) is 0 Å². The molecule has 0 aliphatic rings. The zero-order chi connectivity index (χ0) is 11.9. The smallest absolute Gasteiger partial charge is 0.0467 e. The maximum atomic E-state index is 2.00. The molecule has 0 aliphatic heterocycles. The highest BCUT2D eigenvalue weighted by Crippen LogP contribution is 1.85. The van der Waals surface area contributed by atoms with Gasteiger partial charge >= 0.3 is 0 Å². The minimum Gasteiger partial charge on any atom is -0.0877 e. The molecule has 0 N–H and O–H groups in total. The number of allylic oxidation sites excluding steroid dienone is 14. The van der Waals surface area contributed by atoms with Gasteiger partial charge in [0.15, 0.2) is 0 Å². The van der Waals surface area contributed by atoms with Crippen LogP contribution in [0.2, 0.25) is 0 Å². The molecule has 0 unspecified atom stereocenters. The Morgan fingerprint density at radius 3 is 0.688 bits per heavy atom. The lowest BCUT2D eigenvalue weighted by molar-refractivity contribution is 1.73. The topological polar surface area (TPSA) is 0 Å². The fraction of sp³-hybridized carbons (Fsp3) is 0.125. The van der Waals surface area contributed by atoms with Gasteiger partial charge in [-0.05, 0) is 13.8 Å². The van der Waals surface area contributed by atoms with Gasteiger partial charge in [-0.25, -0.2) is 0 Å². The Kier molecular flexibility index (Phi) is 11.7. The Bertz CT molecular complexity index is 297. The van der Waals surface area contributed by atoms with Gasteiger partial charge in [-0.3, -0.25) is 0 Å². The van der Waals surface area contributed by atoms with E-state index >= 15 is 0 Å². The Labute approximate surface area is 99.4 Å². The number of hydrogen-bond donors (Lipinski definition) is 0. The van der Waals surface area contributed by atoms with Crippen molar-refractivity contribution in [2.45, 2.75) is 13.8 Å². The summed E-state index contributed by atoms with van der Waals surface area (Å²) in [7, 11) is 0. The fourth-order valence-electron chi connectivity index (χ4n) is 0.864. The van der Waals surface area contributed by atoms with Crippen molar-refractivity contribution in [2.75, 3.05) is 0 Å². The van der Waals surface area contributed by atoms with Crippen molar-refractivity contribution in [2.24, 2.45) is 0 Å². The van der Waals surface area contributed by atoms with E-state index < -0.39 is 0 Å². The van der Waals surface area contributed by atoms with E-state index in [4.69, 9.17) is 0 Å². The Morgan fingerprint density at radius 2 is 0.500 bits per heavy atom. The lowest BCUT2D eigenvalue weighted by Crippen LogP contribution is -1.52. The van der Waals surface area contributed by atoms with Crippen LogP contribution in [0.25, 0.3) is 0 Å². The minimum atomic E-state index is 2.00. The molecule has 0 aromatic rings. The van der Waals surface area contributed by atoms with Crippen LogP contribution in [0.4, 0.5) is 0 Å². The average Bonchev–Trinajstić information content (AvgIpc) is 2.31. The molecule has 0 fully saturated rings. The zero-order valence-electron chi connectivity index (χ0n) is 10.1. The highest BCUT2D eigenvalue weighted by Gasteiger charge is 1.63. The van der Waals surface area contributed by atoms with Crippen molar-refractivity contribution in [1.29, 1.82) is 0 Å². The van der Waals surface area contributed by atoms with Gasteiger partial charge < -0.3 is 0 Å². The maximum absolute atomic E-state index is 2.00. The molecular weight excluding hydrogens is 192 g/mol. The van der Waals surface area contributed by atoms with Gasteiger partial charge in [0.1, 0.15) is 0 Å². The van der Waals surface area contributed by atoms with Crippen LogP contribution in [0.15, 0.2) is 85.1 Å². The van der Waals surface area contributed by atoms with Crippen LogP contribution in [-0.4, -0.2) is 0 Å². The average molecular weight is 212 g/mol. The lowest BCUT2D eigenvalue weighted by atomic mass is 10.3. The number of rotatable bonds is 6. The van der Waals surface area contributed by atoms with Crippen LogP contribution >= 0.6 is 0 Å². The molecule has 0 radical (unpaired) electrons. The monoisotopic (exact) mass is 212 g/mol. The van der Waals surface area contributed by atoms with Crippen LogP contribution in [0.1, 0.15) is 13.8 Å². The third kappa shape index (κ3) is 12.2. The molecule has 0 bridgehead atoms. The first-order valence-electron chi connectivity index (χ1n) is 5.49. The van der Waals surface area contributed by atoms with Crippen molar-refractivity contribution in [1.82, 2.24) is 0 Å². The summed E-state index contributed by atoms with van der Waals surface area (Å²) in [5.41, 5.74) is 0.